The molecule has 0 spiro atoms. The van der Waals surface area contributed by atoms with Crippen molar-refractivity contribution in [2.75, 3.05) is 18.9 Å². The zero-order valence-corrected chi connectivity index (χ0v) is 16.9. The third-order valence-corrected chi connectivity index (χ3v) is 4.92. The molecule has 0 amide bonds. The first-order chi connectivity index (χ1) is 13.8. The van der Waals surface area contributed by atoms with E-state index in [1.54, 1.807) is 38.3 Å². The summed E-state index contributed by atoms with van der Waals surface area (Å²) < 4.78 is 16.7. The third-order valence-electron chi connectivity index (χ3n) is 4.92. The summed E-state index contributed by atoms with van der Waals surface area (Å²) in [5.41, 5.74) is 4.18. The molecule has 0 bridgehead atoms. The molecular formula is C22H25NO6. The number of anilines is 1. The van der Waals surface area contributed by atoms with Crippen LogP contribution in [0.25, 0.3) is 6.08 Å². The van der Waals surface area contributed by atoms with Crippen LogP contribution >= 0.6 is 0 Å². The van der Waals surface area contributed by atoms with Crippen molar-refractivity contribution in [3.63, 3.8) is 0 Å². The van der Waals surface area contributed by atoms with Gasteiger partial charge in [-0.3, -0.25) is 10.4 Å². The average molecular weight is 399 g/mol. The fourth-order valence-corrected chi connectivity index (χ4v) is 3.52. The van der Waals surface area contributed by atoms with Gasteiger partial charge in [-0.05, 0) is 44.0 Å². The Morgan fingerprint density at radius 2 is 1.90 bits per heavy atom. The Labute approximate surface area is 169 Å². The van der Waals surface area contributed by atoms with Gasteiger partial charge in [0.15, 0.2) is 0 Å². The number of rotatable bonds is 5. The Morgan fingerprint density at radius 3 is 2.52 bits per heavy atom. The van der Waals surface area contributed by atoms with E-state index in [1.165, 1.54) is 0 Å². The predicted molar refractivity (Wildman–Crippen MR) is 109 cm³/mol. The summed E-state index contributed by atoms with van der Waals surface area (Å²) in [6.45, 7) is 5.99. The van der Waals surface area contributed by atoms with Crippen molar-refractivity contribution in [1.29, 1.82) is 0 Å². The second-order valence-electron chi connectivity index (χ2n) is 7.11. The average Bonchev–Trinajstić information content (AvgIpc) is 3.13. The van der Waals surface area contributed by atoms with Crippen molar-refractivity contribution < 1.29 is 24.3 Å². The van der Waals surface area contributed by atoms with Crippen LogP contribution in [0.15, 0.2) is 50.7 Å². The lowest BCUT2D eigenvalue weighted by atomic mass is 10.0. The van der Waals surface area contributed by atoms with Crippen molar-refractivity contribution in [2.45, 2.75) is 33.3 Å². The molecule has 0 saturated carbocycles. The summed E-state index contributed by atoms with van der Waals surface area (Å²) in [5.74, 6) is 1.05. The number of hydrogen-bond donors (Lipinski definition) is 2. The fourth-order valence-electron chi connectivity index (χ4n) is 3.52. The quantitative estimate of drug-likeness (QED) is 0.723. The van der Waals surface area contributed by atoms with Gasteiger partial charge in [-0.25, -0.2) is 4.79 Å². The number of benzene rings is 1. The molecule has 154 valence electrons. The molecule has 1 aromatic heterocycles. The summed E-state index contributed by atoms with van der Waals surface area (Å²) in [4.78, 5) is 12.1. The van der Waals surface area contributed by atoms with Crippen LogP contribution in [0.4, 0.5) is 5.69 Å². The molecule has 29 heavy (non-hydrogen) atoms. The molecule has 7 nitrogen and oxygen atoms in total. The topological polar surface area (TPSA) is 92.4 Å². The zero-order chi connectivity index (χ0) is 21.1. The highest BCUT2D eigenvalue weighted by Gasteiger charge is 2.28. The molecule has 1 saturated heterocycles. The number of nitrogens with zero attached hydrogens (tertiary/aromatic N) is 1. The van der Waals surface area contributed by atoms with Crippen molar-refractivity contribution in [1.82, 2.24) is 0 Å². The van der Waals surface area contributed by atoms with Gasteiger partial charge in [0.05, 0.1) is 25.0 Å². The van der Waals surface area contributed by atoms with Crippen LogP contribution in [0.2, 0.25) is 0 Å². The lowest BCUT2D eigenvalue weighted by Crippen LogP contribution is -2.12. The highest BCUT2D eigenvalue weighted by molar-refractivity contribution is 5.58. The van der Waals surface area contributed by atoms with E-state index in [9.17, 15) is 4.79 Å². The van der Waals surface area contributed by atoms with E-state index in [-0.39, 0.29) is 17.0 Å². The number of methoxy groups -OCH3 is 1. The predicted octanol–water partition coefficient (Wildman–Crippen LogP) is 4.34. The Bertz CT molecular complexity index is 1000. The van der Waals surface area contributed by atoms with E-state index in [0.29, 0.717) is 30.1 Å². The van der Waals surface area contributed by atoms with Crippen molar-refractivity contribution in [2.24, 2.45) is 0 Å². The normalized spacial score (nSPS) is 18.3. The van der Waals surface area contributed by atoms with E-state index in [0.717, 1.165) is 22.3 Å². The molecule has 2 N–H and O–H groups in total. The molecule has 1 aromatic carbocycles. The number of allylic oxidation sites excluding steroid dienone is 2. The van der Waals surface area contributed by atoms with Crippen molar-refractivity contribution in [3.05, 3.63) is 74.4 Å². The Kier molecular flexibility index (Phi) is 6.22. The van der Waals surface area contributed by atoms with Crippen LogP contribution in [-0.4, -0.2) is 24.1 Å². The van der Waals surface area contributed by atoms with Gasteiger partial charge >= 0.3 is 5.63 Å². The number of ether oxygens (including phenoxy) is 2. The minimum atomic E-state index is -0.410. The molecule has 1 aliphatic rings. The largest absolute Gasteiger partial charge is 0.496 e. The van der Waals surface area contributed by atoms with Crippen molar-refractivity contribution in [3.8, 4) is 5.75 Å². The number of hydrogen-bond acceptors (Lipinski definition) is 7. The maximum absolute atomic E-state index is 12.1. The molecule has 1 fully saturated rings. The zero-order valence-electron chi connectivity index (χ0n) is 16.9. The van der Waals surface area contributed by atoms with E-state index >= 15 is 0 Å². The van der Waals surface area contributed by atoms with Gasteiger partial charge in [-0.2, -0.15) is 0 Å². The molecule has 2 heterocycles. The summed E-state index contributed by atoms with van der Waals surface area (Å²) in [6, 6.07) is 6.80. The Morgan fingerprint density at radius 1 is 1.21 bits per heavy atom. The second-order valence-corrected chi connectivity index (χ2v) is 7.11. The fraction of sp³-hybridized carbons (Fsp3) is 0.318. The second kappa shape index (κ2) is 8.65. The van der Waals surface area contributed by atoms with E-state index in [1.807, 2.05) is 19.9 Å². The van der Waals surface area contributed by atoms with E-state index < -0.39 is 5.63 Å². The first-order valence-electron chi connectivity index (χ1n) is 9.25. The molecular weight excluding hydrogens is 374 g/mol. The van der Waals surface area contributed by atoms with Gasteiger partial charge in [-0.1, -0.05) is 29.9 Å². The van der Waals surface area contributed by atoms with Crippen LogP contribution in [0.3, 0.4) is 0 Å². The molecule has 7 heteroatoms. The summed E-state index contributed by atoms with van der Waals surface area (Å²) >= 11 is 0. The highest BCUT2D eigenvalue weighted by atomic mass is 16.8. The highest BCUT2D eigenvalue weighted by Crippen LogP contribution is 2.37. The van der Waals surface area contributed by atoms with Gasteiger partial charge in [0.1, 0.15) is 17.6 Å². The van der Waals surface area contributed by atoms with E-state index in [2.05, 4.69) is 6.08 Å². The third kappa shape index (κ3) is 4.59. The Hall–Kier alpha value is -2.87. The first-order valence-corrected chi connectivity index (χ1v) is 9.25. The van der Waals surface area contributed by atoms with Gasteiger partial charge in [0, 0.05) is 12.0 Å². The minimum absolute atomic E-state index is 0.0821. The Balaban J connectivity index is 1.77. The van der Waals surface area contributed by atoms with Crippen molar-refractivity contribution >= 4 is 11.8 Å². The van der Waals surface area contributed by atoms with Crippen LogP contribution < -0.4 is 15.6 Å². The van der Waals surface area contributed by atoms with Crippen LogP contribution in [0.5, 0.6) is 5.75 Å². The van der Waals surface area contributed by atoms with Gasteiger partial charge in [-0.15, -0.1) is 5.23 Å². The molecule has 3 rings (SSSR count). The standard InChI is InChI=1S/C22H25NO6/c1-13(9-16-5-7-18(8-6-16)23(25)26)10-17-11-19(28-12-17)21-14(2)20(27-4)15(3)22(24)29-21/h5-10,19,25-26H,11-12H2,1-4H3/b13-9+,17-10-/t19-/m1/s1. The lowest BCUT2D eigenvalue weighted by molar-refractivity contribution is 0.0291. The van der Waals surface area contributed by atoms with Gasteiger partial charge < -0.3 is 13.9 Å². The maximum atomic E-state index is 12.1. The summed E-state index contributed by atoms with van der Waals surface area (Å²) in [5, 5.41) is 18.1. The summed E-state index contributed by atoms with van der Waals surface area (Å²) in [7, 11) is 1.54. The minimum Gasteiger partial charge on any atom is -0.496 e. The molecule has 2 aromatic rings. The maximum Gasteiger partial charge on any atom is 0.342 e. The molecule has 0 aliphatic carbocycles. The van der Waals surface area contributed by atoms with Gasteiger partial charge in [0.2, 0.25) is 0 Å². The van der Waals surface area contributed by atoms with Gasteiger partial charge in [0.25, 0.3) is 0 Å². The molecule has 1 aliphatic heterocycles. The van der Waals surface area contributed by atoms with E-state index in [4.69, 9.17) is 24.3 Å². The van der Waals surface area contributed by atoms with Crippen LogP contribution in [0, 0.1) is 13.8 Å². The van der Waals surface area contributed by atoms with Crippen LogP contribution in [0.1, 0.15) is 41.9 Å². The summed E-state index contributed by atoms with van der Waals surface area (Å²) in [6.07, 6.45) is 4.35. The molecule has 0 unspecified atom stereocenters. The molecule has 0 radical (unpaired) electrons. The SMILES string of the molecule is COc1c(C)c([C@H]2C/C(=C/C(C)=C/c3ccc(N(O)O)cc3)CO2)oc(=O)c1C. The molecule has 1 atom stereocenters. The smallest absolute Gasteiger partial charge is 0.342 e. The monoisotopic (exact) mass is 399 g/mol. The lowest BCUT2D eigenvalue weighted by Gasteiger charge is -2.14. The van der Waals surface area contributed by atoms with Crippen LogP contribution in [-0.2, 0) is 4.74 Å². The first kappa shape index (κ1) is 20.9.